The van der Waals surface area contributed by atoms with Crippen LogP contribution in [0.3, 0.4) is 0 Å². The molecule has 0 aliphatic heterocycles. The van der Waals surface area contributed by atoms with Gasteiger partial charge in [0.1, 0.15) is 6.29 Å². The number of nitrogens with one attached hydrogen (secondary N) is 2. The molecule has 5 N–H and O–H groups in total. The Hall–Kier alpha value is -3.88. The Labute approximate surface area is 140 Å². The zero-order valence-electron chi connectivity index (χ0n) is 12.5. The van der Waals surface area contributed by atoms with Gasteiger partial charge in [0.15, 0.2) is 0 Å². The number of anilines is 2. The number of aldehydes is 1. The molecule has 0 saturated carbocycles. The lowest BCUT2D eigenvalue weighted by Crippen LogP contribution is -2.12. The van der Waals surface area contributed by atoms with Crippen molar-refractivity contribution < 1.29 is 34.5 Å². The zero-order chi connectivity index (χ0) is 18.6. The van der Waals surface area contributed by atoms with Gasteiger partial charge in [-0.15, -0.1) is 0 Å². The van der Waals surface area contributed by atoms with Gasteiger partial charge >= 0.3 is 17.9 Å². The minimum Gasteiger partial charge on any atom is -0.478 e. The van der Waals surface area contributed by atoms with Crippen LogP contribution in [0.4, 0.5) is 11.4 Å². The number of benzene rings is 2. The SMILES string of the molecule is O=Cc1cc(NNc2cc(C(=O)O)cc(C(=O)O)c2)cc(C(=O)O)c1. The minimum absolute atomic E-state index is 0.120. The van der Waals surface area contributed by atoms with Crippen molar-refractivity contribution in [3.05, 3.63) is 58.7 Å². The molecule has 2 aromatic rings. The van der Waals surface area contributed by atoms with Gasteiger partial charge in [0.25, 0.3) is 0 Å². The number of hydrogen-bond acceptors (Lipinski definition) is 6. The molecule has 0 unspecified atom stereocenters. The van der Waals surface area contributed by atoms with Crippen molar-refractivity contribution in [2.75, 3.05) is 10.9 Å². The van der Waals surface area contributed by atoms with Gasteiger partial charge in [-0.2, -0.15) is 0 Å². The molecule has 9 nitrogen and oxygen atoms in total. The zero-order valence-corrected chi connectivity index (χ0v) is 12.5. The highest BCUT2D eigenvalue weighted by atomic mass is 16.4. The Kier molecular flexibility index (Phi) is 4.98. The number of hydrogen-bond donors (Lipinski definition) is 5. The first-order valence-electron chi connectivity index (χ1n) is 6.77. The average molecular weight is 344 g/mol. The second kappa shape index (κ2) is 7.13. The van der Waals surface area contributed by atoms with E-state index >= 15 is 0 Å². The van der Waals surface area contributed by atoms with Gasteiger partial charge in [0.2, 0.25) is 0 Å². The summed E-state index contributed by atoms with van der Waals surface area (Å²) in [6, 6.07) is 7.21. The van der Waals surface area contributed by atoms with Crippen molar-refractivity contribution in [1.82, 2.24) is 0 Å². The van der Waals surface area contributed by atoms with Crippen molar-refractivity contribution in [2.24, 2.45) is 0 Å². The van der Waals surface area contributed by atoms with Crippen molar-refractivity contribution >= 4 is 35.6 Å². The maximum absolute atomic E-state index is 11.1. The molecule has 0 heterocycles. The Morgan fingerprint density at radius 3 is 1.48 bits per heavy atom. The van der Waals surface area contributed by atoms with E-state index in [-0.39, 0.29) is 33.6 Å². The second-order valence-corrected chi connectivity index (χ2v) is 4.93. The molecule has 0 aliphatic rings. The van der Waals surface area contributed by atoms with Crippen LogP contribution in [-0.4, -0.2) is 39.5 Å². The molecule has 0 bridgehead atoms. The highest BCUT2D eigenvalue weighted by Crippen LogP contribution is 2.18. The molecule has 9 heteroatoms. The monoisotopic (exact) mass is 344 g/mol. The predicted molar refractivity (Wildman–Crippen MR) is 86.4 cm³/mol. The van der Waals surface area contributed by atoms with Crippen LogP contribution in [0.15, 0.2) is 36.4 Å². The predicted octanol–water partition coefficient (Wildman–Crippen LogP) is 2.03. The van der Waals surface area contributed by atoms with E-state index in [1.807, 2.05) is 0 Å². The minimum atomic E-state index is -1.30. The van der Waals surface area contributed by atoms with E-state index in [1.165, 1.54) is 30.3 Å². The first kappa shape index (κ1) is 17.5. The maximum atomic E-state index is 11.1. The number of rotatable bonds is 7. The molecule has 0 aromatic heterocycles. The third kappa shape index (κ3) is 4.32. The number of carboxylic acids is 3. The van der Waals surface area contributed by atoms with Gasteiger partial charge < -0.3 is 26.2 Å². The summed E-state index contributed by atoms with van der Waals surface area (Å²) in [4.78, 5) is 44.0. The van der Waals surface area contributed by atoms with E-state index in [0.29, 0.717) is 6.29 Å². The first-order chi connectivity index (χ1) is 11.8. The Balaban J connectivity index is 2.30. The fourth-order valence-electron chi connectivity index (χ4n) is 2.01. The summed E-state index contributed by atoms with van der Waals surface area (Å²) in [7, 11) is 0. The van der Waals surface area contributed by atoms with E-state index in [9.17, 15) is 19.2 Å². The quantitative estimate of drug-likeness (QED) is 0.375. The number of hydrazine groups is 1. The van der Waals surface area contributed by atoms with Crippen molar-refractivity contribution in [2.45, 2.75) is 0 Å². The summed E-state index contributed by atoms with van der Waals surface area (Å²) in [6.45, 7) is 0. The summed E-state index contributed by atoms with van der Waals surface area (Å²) in [5.74, 6) is -3.84. The lowest BCUT2D eigenvalue weighted by atomic mass is 10.1. The van der Waals surface area contributed by atoms with E-state index in [2.05, 4.69) is 10.9 Å². The molecule has 0 radical (unpaired) electrons. The summed E-state index contributed by atoms with van der Waals surface area (Å²) >= 11 is 0. The third-order valence-electron chi connectivity index (χ3n) is 3.12. The molecule has 0 amide bonds. The summed E-state index contributed by atoms with van der Waals surface area (Å²) in [5.41, 5.74) is 5.06. The normalized spacial score (nSPS) is 9.92. The first-order valence-corrected chi connectivity index (χ1v) is 6.77. The summed E-state index contributed by atoms with van der Waals surface area (Å²) in [6.07, 6.45) is 0.477. The third-order valence-corrected chi connectivity index (χ3v) is 3.12. The Morgan fingerprint density at radius 1 is 0.680 bits per heavy atom. The molecule has 0 spiro atoms. The van der Waals surface area contributed by atoms with Gasteiger partial charge in [0, 0.05) is 5.56 Å². The maximum Gasteiger partial charge on any atom is 0.335 e. The van der Waals surface area contributed by atoms with Gasteiger partial charge in [-0.1, -0.05) is 0 Å². The van der Waals surface area contributed by atoms with Gasteiger partial charge in [-0.3, -0.25) is 4.79 Å². The van der Waals surface area contributed by atoms with Crippen LogP contribution in [0.1, 0.15) is 41.4 Å². The van der Waals surface area contributed by atoms with Crippen LogP contribution >= 0.6 is 0 Å². The van der Waals surface area contributed by atoms with Gasteiger partial charge in [-0.05, 0) is 36.4 Å². The fraction of sp³-hybridized carbons (Fsp3) is 0. The molecular weight excluding hydrogens is 332 g/mol. The molecule has 0 saturated heterocycles. The van der Waals surface area contributed by atoms with Crippen LogP contribution in [-0.2, 0) is 0 Å². The van der Waals surface area contributed by atoms with Crippen molar-refractivity contribution in [1.29, 1.82) is 0 Å². The molecular formula is C16H12N2O7. The molecule has 2 rings (SSSR count). The molecule has 0 atom stereocenters. The highest BCUT2D eigenvalue weighted by Gasteiger charge is 2.12. The molecule has 0 aliphatic carbocycles. The molecule has 25 heavy (non-hydrogen) atoms. The van der Waals surface area contributed by atoms with Crippen molar-refractivity contribution in [3.63, 3.8) is 0 Å². The van der Waals surface area contributed by atoms with Gasteiger partial charge in [0.05, 0.1) is 28.1 Å². The number of carbonyl (C=O) groups is 4. The van der Waals surface area contributed by atoms with Crippen LogP contribution < -0.4 is 10.9 Å². The second-order valence-electron chi connectivity index (χ2n) is 4.93. The van der Waals surface area contributed by atoms with E-state index < -0.39 is 17.9 Å². The lowest BCUT2D eigenvalue weighted by molar-refractivity contribution is 0.0682. The fourth-order valence-corrected chi connectivity index (χ4v) is 2.01. The van der Waals surface area contributed by atoms with E-state index in [1.54, 1.807) is 0 Å². The largest absolute Gasteiger partial charge is 0.478 e. The molecule has 0 fully saturated rings. The van der Waals surface area contributed by atoms with Crippen LogP contribution in [0.5, 0.6) is 0 Å². The highest BCUT2D eigenvalue weighted by molar-refractivity contribution is 5.95. The summed E-state index contributed by atoms with van der Waals surface area (Å²) in [5, 5.41) is 27.1. The Bertz CT molecular complexity index is 845. The molecule has 2 aromatic carbocycles. The standard InChI is InChI=1S/C16H12N2O7/c19-7-8-1-9(14(20)21)4-12(2-8)17-18-13-5-10(15(22)23)3-11(6-13)16(24)25/h1-7,17-18H,(H,20,21)(H,22,23)(H,24,25). The number of carboxylic acid groups (broad SMARTS) is 3. The topological polar surface area (TPSA) is 153 Å². The summed E-state index contributed by atoms with van der Waals surface area (Å²) < 4.78 is 0. The van der Waals surface area contributed by atoms with Crippen LogP contribution in [0, 0.1) is 0 Å². The molecule has 128 valence electrons. The number of carbonyl (C=O) groups excluding carboxylic acids is 1. The van der Waals surface area contributed by atoms with Crippen molar-refractivity contribution in [3.8, 4) is 0 Å². The van der Waals surface area contributed by atoms with Crippen LogP contribution in [0.25, 0.3) is 0 Å². The van der Waals surface area contributed by atoms with Crippen LogP contribution in [0.2, 0.25) is 0 Å². The average Bonchev–Trinajstić information content (AvgIpc) is 2.59. The number of aromatic carboxylic acids is 3. The smallest absolute Gasteiger partial charge is 0.335 e. The van der Waals surface area contributed by atoms with E-state index in [0.717, 1.165) is 6.07 Å². The van der Waals surface area contributed by atoms with Gasteiger partial charge in [-0.25, -0.2) is 14.4 Å². The lowest BCUT2D eigenvalue weighted by Gasteiger charge is -2.12. The Morgan fingerprint density at radius 2 is 1.08 bits per heavy atom. The van der Waals surface area contributed by atoms with E-state index in [4.69, 9.17) is 15.3 Å².